The molecule has 0 radical (unpaired) electrons. The van der Waals surface area contributed by atoms with E-state index in [0.717, 1.165) is 0 Å². The second-order valence-corrected chi connectivity index (χ2v) is 8.31. The van der Waals surface area contributed by atoms with E-state index in [1.807, 2.05) is 20.8 Å². The third kappa shape index (κ3) is 5.75. The van der Waals surface area contributed by atoms with Crippen LogP contribution in [0.3, 0.4) is 0 Å². The zero-order valence-electron chi connectivity index (χ0n) is 17.7. The Balaban J connectivity index is 2.39. The summed E-state index contributed by atoms with van der Waals surface area (Å²) in [5, 5.41) is 5.54. The molecule has 6 heteroatoms. The molecule has 2 N–H and O–H groups in total. The maximum absolute atomic E-state index is 15.2. The molecule has 0 saturated carbocycles. The highest BCUT2D eigenvalue weighted by Gasteiger charge is 2.25. The van der Waals surface area contributed by atoms with Crippen molar-refractivity contribution in [3.8, 4) is 0 Å². The van der Waals surface area contributed by atoms with Gasteiger partial charge >= 0.3 is 0 Å². The molecule has 0 heterocycles. The average Bonchev–Trinajstić information content (AvgIpc) is 2.62. The van der Waals surface area contributed by atoms with E-state index in [1.165, 1.54) is 12.1 Å². The summed E-state index contributed by atoms with van der Waals surface area (Å²) in [4.78, 5) is 12.4. The van der Waals surface area contributed by atoms with Gasteiger partial charge in [-0.05, 0) is 36.0 Å². The number of carbonyl (C=O) groups is 1. The lowest BCUT2D eigenvalue weighted by atomic mass is 9.91. The van der Waals surface area contributed by atoms with Crippen LogP contribution in [0, 0.1) is 22.9 Å². The molecule has 0 spiro atoms. The predicted octanol–water partition coefficient (Wildman–Crippen LogP) is 6.22. The molecule has 2 rings (SSSR count). The van der Waals surface area contributed by atoms with Crippen molar-refractivity contribution >= 4 is 17.3 Å². The summed E-state index contributed by atoms with van der Waals surface area (Å²) < 4.78 is 43.4. The maximum atomic E-state index is 15.2. The van der Waals surface area contributed by atoms with Gasteiger partial charge in [0.1, 0.15) is 11.5 Å². The average molecular weight is 406 g/mol. The Morgan fingerprint density at radius 1 is 0.897 bits per heavy atom. The molecule has 0 saturated heterocycles. The van der Waals surface area contributed by atoms with E-state index in [9.17, 15) is 9.18 Å². The van der Waals surface area contributed by atoms with Crippen LogP contribution in [0.5, 0.6) is 0 Å². The summed E-state index contributed by atoms with van der Waals surface area (Å²) in [6.45, 7) is 9.46. The Kier molecular flexibility index (Phi) is 7.33. The molecule has 0 atom stereocenters. The number of hydrogen-bond acceptors (Lipinski definition) is 2. The molecule has 3 nitrogen and oxygen atoms in total. The highest BCUT2D eigenvalue weighted by atomic mass is 19.1. The van der Waals surface area contributed by atoms with Gasteiger partial charge in [-0.25, -0.2) is 13.2 Å². The minimum Gasteiger partial charge on any atom is -0.376 e. The Morgan fingerprint density at radius 2 is 1.41 bits per heavy atom. The normalized spacial score (nSPS) is 11.4. The van der Waals surface area contributed by atoms with Gasteiger partial charge in [0.2, 0.25) is 5.91 Å². The lowest BCUT2D eigenvalue weighted by Gasteiger charge is -2.22. The van der Waals surface area contributed by atoms with Crippen molar-refractivity contribution in [2.45, 2.75) is 60.4 Å². The fourth-order valence-electron chi connectivity index (χ4n) is 3.23. The third-order valence-electron chi connectivity index (χ3n) is 4.62. The molecule has 0 aliphatic rings. The van der Waals surface area contributed by atoms with E-state index in [-0.39, 0.29) is 52.6 Å². The Bertz CT molecular complexity index is 840. The number of carbonyl (C=O) groups excluding carboxylic acids is 1. The second kappa shape index (κ2) is 9.33. The van der Waals surface area contributed by atoms with Crippen molar-refractivity contribution in [2.75, 3.05) is 10.6 Å². The van der Waals surface area contributed by atoms with Crippen molar-refractivity contribution in [1.29, 1.82) is 0 Å². The van der Waals surface area contributed by atoms with Crippen molar-refractivity contribution < 1.29 is 18.0 Å². The number of hydrogen-bond donors (Lipinski definition) is 2. The first-order chi connectivity index (χ1) is 13.6. The van der Waals surface area contributed by atoms with Crippen LogP contribution < -0.4 is 10.6 Å². The van der Waals surface area contributed by atoms with Crippen LogP contribution in [-0.4, -0.2) is 5.91 Å². The van der Waals surface area contributed by atoms with Gasteiger partial charge < -0.3 is 10.6 Å². The Labute approximate surface area is 170 Å². The molecule has 0 aromatic heterocycles. The number of benzene rings is 2. The SMILES string of the molecule is CCc1c(F)c(NCc2ccc(F)cc2)c(F)c(CC)c1NC(=O)CC(C)(C)C. The summed E-state index contributed by atoms with van der Waals surface area (Å²) in [6, 6.07) is 5.71. The van der Waals surface area contributed by atoms with Crippen molar-refractivity contribution in [1.82, 2.24) is 0 Å². The molecule has 0 bridgehead atoms. The first-order valence-electron chi connectivity index (χ1n) is 9.88. The quantitative estimate of drug-likeness (QED) is 0.573. The molecular weight excluding hydrogens is 377 g/mol. The second-order valence-electron chi connectivity index (χ2n) is 8.31. The molecule has 2 aromatic carbocycles. The smallest absolute Gasteiger partial charge is 0.224 e. The van der Waals surface area contributed by atoms with E-state index in [2.05, 4.69) is 10.6 Å². The van der Waals surface area contributed by atoms with Gasteiger partial charge in [0.05, 0.1) is 5.69 Å². The van der Waals surface area contributed by atoms with Crippen LogP contribution in [0.25, 0.3) is 0 Å². The highest BCUT2D eigenvalue weighted by molar-refractivity contribution is 5.93. The van der Waals surface area contributed by atoms with Gasteiger partial charge in [-0.1, -0.05) is 46.8 Å². The van der Waals surface area contributed by atoms with Gasteiger partial charge in [-0.3, -0.25) is 4.79 Å². The number of amides is 1. The van der Waals surface area contributed by atoms with E-state index >= 15 is 8.78 Å². The van der Waals surface area contributed by atoms with E-state index in [4.69, 9.17) is 0 Å². The fourth-order valence-corrected chi connectivity index (χ4v) is 3.23. The van der Waals surface area contributed by atoms with Gasteiger partial charge in [0.25, 0.3) is 0 Å². The van der Waals surface area contributed by atoms with Crippen LogP contribution >= 0.6 is 0 Å². The molecular formula is C23H29F3N2O. The van der Waals surface area contributed by atoms with Crippen LogP contribution in [0.1, 0.15) is 57.7 Å². The van der Waals surface area contributed by atoms with Crippen molar-refractivity contribution in [2.24, 2.45) is 5.41 Å². The third-order valence-corrected chi connectivity index (χ3v) is 4.62. The van der Waals surface area contributed by atoms with Gasteiger partial charge in [-0.15, -0.1) is 0 Å². The Morgan fingerprint density at radius 3 is 1.86 bits per heavy atom. The summed E-state index contributed by atoms with van der Waals surface area (Å²) in [5.41, 5.74) is 1.00. The molecule has 2 aromatic rings. The Hall–Kier alpha value is -2.50. The minimum atomic E-state index is -0.713. The zero-order chi connectivity index (χ0) is 21.8. The lowest BCUT2D eigenvalue weighted by molar-refractivity contribution is -0.117. The molecule has 29 heavy (non-hydrogen) atoms. The first-order valence-corrected chi connectivity index (χ1v) is 9.88. The summed E-state index contributed by atoms with van der Waals surface area (Å²) >= 11 is 0. The fraction of sp³-hybridized carbons (Fsp3) is 0.435. The van der Waals surface area contributed by atoms with Gasteiger partial charge in [-0.2, -0.15) is 0 Å². The van der Waals surface area contributed by atoms with Gasteiger partial charge in [0.15, 0.2) is 11.6 Å². The number of nitrogens with one attached hydrogen (secondary N) is 2. The monoisotopic (exact) mass is 406 g/mol. The summed E-state index contributed by atoms with van der Waals surface area (Å²) in [7, 11) is 0. The topological polar surface area (TPSA) is 41.1 Å². The summed E-state index contributed by atoms with van der Waals surface area (Å²) in [5.74, 6) is -2.07. The highest BCUT2D eigenvalue weighted by Crippen LogP contribution is 2.35. The van der Waals surface area contributed by atoms with Crippen LogP contribution in [0.2, 0.25) is 0 Å². The largest absolute Gasteiger partial charge is 0.376 e. The van der Waals surface area contributed by atoms with Gasteiger partial charge in [0, 0.05) is 24.1 Å². The van der Waals surface area contributed by atoms with Crippen molar-refractivity contribution in [3.05, 3.63) is 58.4 Å². The molecule has 0 aliphatic heterocycles. The molecule has 0 fully saturated rings. The number of halogens is 3. The van der Waals surface area contributed by atoms with Crippen LogP contribution in [0.4, 0.5) is 24.5 Å². The van der Waals surface area contributed by atoms with Crippen LogP contribution in [0.15, 0.2) is 24.3 Å². The number of rotatable bonds is 7. The lowest BCUT2D eigenvalue weighted by Crippen LogP contribution is -2.22. The predicted molar refractivity (Wildman–Crippen MR) is 112 cm³/mol. The van der Waals surface area contributed by atoms with Crippen molar-refractivity contribution in [3.63, 3.8) is 0 Å². The summed E-state index contributed by atoms with van der Waals surface area (Å²) in [6.07, 6.45) is 0.845. The zero-order valence-corrected chi connectivity index (χ0v) is 17.7. The van der Waals surface area contributed by atoms with E-state index in [1.54, 1.807) is 26.0 Å². The number of anilines is 2. The molecule has 0 aliphatic carbocycles. The minimum absolute atomic E-state index is 0.149. The maximum Gasteiger partial charge on any atom is 0.224 e. The molecule has 158 valence electrons. The van der Waals surface area contributed by atoms with E-state index < -0.39 is 11.6 Å². The van der Waals surface area contributed by atoms with E-state index in [0.29, 0.717) is 18.4 Å². The first kappa shape index (κ1) is 22.8. The molecule has 1 amide bonds. The standard InChI is InChI=1S/C23H29F3N2O/c1-6-16-19(25)22(27-13-14-8-10-15(24)11-9-14)20(26)17(7-2)21(16)28-18(29)12-23(3,4)5/h8-11,27H,6-7,12-13H2,1-5H3,(H,28,29). The molecule has 0 unspecified atom stereocenters. The van der Waals surface area contributed by atoms with Crippen LogP contribution in [-0.2, 0) is 24.2 Å².